The monoisotopic (exact) mass is 476 g/mol. The summed E-state index contributed by atoms with van der Waals surface area (Å²) >= 11 is 0. The van der Waals surface area contributed by atoms with Crippen LogP contribution in [0.3, 0.4) is 0 Å². The van der Waals surface area contributed by atoms with Crippen molar-refractivity contribution in [3.8, 4) is 0 Å². The van der Waals surface area contributed by atoms with E-state index in [1.165, 1.54) is 33.6 Å². The van der Waals surface area contributed by atoms with Gasteiger partial charge >= 0.3 is 0 Å². The SMILES string of the molecule is CC(=O)N1CCc2c(c(N3CCCc4cc(C5C=NN(C)C5)c(C)cc43)nn2C2CCOCC2)C1. The molecule has 2 aromatic rings. The molecule has 4 aliphatic rings. The molecule has 1 unspecified atom stereocenters. The molecule has 6 rings (SSSR count). The number of hydrazone groups is 1. The fourth-order valence-electron chi connectivity index (χ4n) is 6.27. The molecule has 0 spiro atoms. The van der Waals surface area contributed by atoms with E-state index >= 15 is 0 Å². The molecule has 1 saturated heterocycles. The van der Waals surface area contributed by atoms with E-state index in [-0.39, 0.29) is 5.91 Å². The Morgan fingerprint density at radius 2 is 1.97 bits per heavy atom. The molecule has 0 radical (unpaired) electrons. The van der Waals surface area contributed by atoms with Gasteiger partial charge in [-0.2, -0.15) is 10.2 Å². The van der Waals surface area contributed by atoms with Crippen molar-refractivity contribution in [2.75, 3.05) is 44.8 Å². The van der Waals surface area contributed by atoms with Crippen molar-refractivity contribution < 1.29 is 9.53 Å². The Balaban J connectivity index is 1.41. The van der Waals surface area contributed by atoms with Crippen molar-refractivity contribution >= 4 is 23.6 Å². The standard InChI is InChI=1S/C27H36N6O2/c1-18-13-26-20(14-23(18)21-15-28-30(3)16-21)5-4-9-32(26)27-24-17-31(19(2)34)10-6-25(24)33(29-27)22-7-11-35-12-8-22/h13-15,21-22H,4-12,16-17H2,1-3H3. The maximum absolute atomic E-state index is 12.3. The van der Waals surface area contributed by atoms with Gasteiger partial charge in [0.05, 0.1) is 12.6 Å². The molecule has 186 valence electrons. The lowest BCUT2D eigenvalue weighted by Gasteiger charge is -2.33. The number of hydrogen-bond acceptors (Lipinski definition) is 6. The number of benzene rings is 1. The average Bonchev–Trinajstić information content (AvgIpc) is 3.47. The summed E-state index contributed by atoms with van der Waals surface area (Å²) in [6, 6.07) is 5.15. The zero-order chi connectivity index (χ0) is 24.1. The lowest BCUT2D eigenvalue weighted by Crippen LogP contribution is -2.36. The second-order valence-electron chi connectivity index (χ2n) is 10.5. The second-order valence-corrected chi connectivity index (χ2v) is 10.5. The Morgan fingerprint density at radius 3 is 2.71 bits per heavy atom. The van der Waals surface area contributed by atoms with E-state index in [0.717, 1.165) is 70.8 Å². The van der Waals surface area contributed by atoms with E-state index in [0.29, 0.717) is 18.5 Å². The van der Waals surface area contributed by atoms with Crippen molar-refractivity contribution in [2.24, 2.45) is 5.10 Å². The minimum atomic E-state index is 0.142. The summed E-state index contributed by atoms with van der Waals surface area (Å²) in [5.41, 5.74) is 7.92. The Kier molecular flexibility index (Phi) is 5.79. The number of ether oxygens (including phenoxy) is 1. The van der Waals surface area contributed by atoms with Gasteiger partial charge in [-0.25, -0.2) is 0 Å². The molecular weight excluding hydrogens is 440 g/mol. The minimum absolute atomic E-state index is 0.142. The summed E-state index contributed by atoms with van der Waals surface area (Å²) in [6.45, 7) is 8.80. The first kappa shape index (κ1) is 22.6. The molecule has 8 nitrogen and oxygen atoms in total. The number of aryl methyl sites for hydroxylation is 2. The van der Waals surface area contributed by atoms with Gasteiger partial charge < -0.3 is 14.5 Å². The van der Waals surface area contributed by atoms with Gasteiger partial charge in [0.25, 0.3) is 0 Å². The molecule has 5 heterocycles. The highest BCUT2D eigenvalue weighted by Gasteiger charge is 2.33. The highest BCUT2D eigenvalue weighted by atomic mass is 16.5. The molecule has 8 heteroatoms. The van der Waals surface area contributed by atoms with E-state index in [2.05, 4.69) is 40.0 Å². The molecule has 1 atom stereocenters. The van der Waals surface area contributed by atoms with Crippen LogP contribution in [0.4, 0.5) is 11.5 Å². The third-order valence-electron chi connectivity index (χ3n) is 8.19. The number of amides is 1. The van der Waals surface area contributed by atoms with Gasteiger partial charge in [-0.15, -0.1) is 0 Å². The van der Waals surface area contributed by atoms with Crippen LogP contribution >= 0.6 is 0 Å². The fraction of sp³-hybridized carbons (Fsp3) is 0.593. The highest BCUT2D eigenvalue weighted by Crippen LogP contribution is 2.41. The Hall–Kier alpha value is -2.87. The smallest absolute Gasteiger partial charge is 0.219 e. The summed E-state index contributed by atoms with van der Waals surface area (Å²) in [6.07, 6.45) is 7.13. The van der Waals surface area contributed by atoms with Gasteiger partial charge in [-0.05, 0) is 55.4 Å². The van der Waals surface area contributed by atoms with Gasteiger partial charge in [0, 0.05) is 82.3 Å². The molecular formula is C27H36N6O2. The number of aromatic nitrogens is 2. The number of fused-ring (bicyclic) bond motifs is 2. The lowest BCUT2D eigenvalue weighted by molar-refractivity contribution is -0.129. The number of likely N-dealkylation sites (N-methyl/N-ethyl adjacent to an activating group) is 1. The number of nitrogens with zero attached hydrogens (tertiary/aromatic N) is 6. The van der Waals surface area contributed by atoms with Crippen LogP contribution < -0.4 is 4.90 Å². The molecule has 0 bridgehead atoms. The van der Waals surface area contributed by atoms with Gasteiger partial charge in [0.15, 0.2) is 5.82 Å². The van der Waals surface area contributed by atoms with Crippen molar-refractivity contribution in [2.45, 2.75) is 64.5 Å². The highest BCUT2D eigenvalue weighted by molar-refractivity contribution is 5.76. The maximum Gasteiger partial charge on any atom is 0.219 e. The van der Waals surface area contributed by atoms with Crippen LogP contribution in [-0.4, -0.2) is 71.7 Å². The molecule has 35 heavy (non-hydrogen) atoms. The van der Waals surface area contributed by atoms with Crippen LogP contribution in [0.5, 0.6) is 0 Å². The average molecular weight is 477 g/mol. The van der Waals surface area contributed by atoms with E-state index in [9.17, 15) is 4.79 Å². The van der Waals surface area contributed by atoms with Gasteiger partial charge in [-0.1, -0.05) is 6.07 Å². The largest absolute Gasteiger partial charge is 0.381 e. The predicted molar refractivity (Wildman–Crippen MR) is 136 cm³/mol. The molecule has 0 N–H and O–H groups in total. The van der Waals surface area contributed by atoms with Crippen LogP contribution in [0.25, 0.3) is 0 Å². The second kappa shape index (κ2) is 8.97. The van der Waals surface area contributed by atoms with Gasteiger partial charge in [0.1, 0.15) is 0 Å². The van der Waals surface area contributed by atoms with E-state index in [4.69, 9.17) is 9.84 Å². The third-order valence-corrected chi connectivity index (χ3v) is 8.19. The van der Waals surface area contributed by atoms with Crippen LogP contribution in [-0.2, 0) is 28.9 Å². The predicted octanol–water partition coefficient (Wildman–Crippen LogP) is 3.55. The summed E-state index contributed by atoms with van der Waals surface area (Å²) in [4.78, 5) is 16.7. The molecule has 1 fully saturated rings. The summed E-state index contributed by atoms with van der Waals surface area (Å²) in [5.74, 6) is 1.54. The first-order valence-electron chi connectivity index (χ1n) is 13.1. The molecule has 0 aliphatic carbocycles. The van der Waals surface area contributed by atoms with Crippen LogP contribution in [0.1, 0.15) is 66.1 Å². The zero-order valence-electron chi connectivity index (χ0n) is 21.2. The summed E-state index contributed by atoms with van der Waals surface area (Å²) in [7, 11) is 2.04. The topological polar surface area (TPSA) is 66.2 Å². The Bertz CT molecular complexity index is 1160. The maximum atomic E-state index is 12.3. The zero-order valence-corrected chi connectivity index (χ0v) is 21.2. The van der Waals surface area contributed by atoms with Crippen LogP contribution in [0.15, 0.2) is 17.2 Å². The van der Waals surface area contributed by atoms with Crippen LogP contribution in [0, 0.1) is 6.92 Å². The first-order chi connectivity index (χ1) is 17.0. The van der Waals surface area contributed by atoms with E-state index in [1.54, 1.807) is 6.92 Å². The Labute approximate surface area is 207 Å². The molecule has 0 saturated carbocycles. The fourth-order valence-corrected chi connectivity index (χ4v) is 6.27. The van der Waals surface area contributed by atoms with Crippen molar-refractivity contribution in [1.29, 1.82) is 0 Å². The summed E-state index contributed by atoms with van der Waals surface area (Å²) in [5, 5.41) is 11.8. The quantitative estimate of drug-likeness (QED) is 0.678. The van der Waals surface area contributed by atoms with Crippen LogP contribution in [0.2, 0.25) is 0 Å². The number of anilines is 2. The minimum Gasteiger partial charge on any atom is -0.381 e. The molecule has 1 amide bonds. The Morgan fingerprint density at radius 1 is 1.14 bits per heavy atom. The van der Waals surface area contributed by atoms with Gasteiger partial charge in [-0.3, -0.25) is 14.5 Å². The van der Waals surface area contributed by atoms with Crippen molar-refractivity contribution in [3.63, 3.8) is 0 Å². The molecule has 1 aromatic heterocycles. The van der Waals surface area contributed by atoms with Crippen molar-refractivity contribution in [1.82, 2.24) is 19.7 Å². The summed E-state index contributed by atoms with van der Waals surface area (Å²) < 4.78 is 7.94. The third kappa shape index (κ3) is 4.01. The molecule has 4 aliphatic heterocycles. The number of hydrogen-bond donors (Lipinski definition) is 0. The van der Waals surface area contributed by atoms with Gasteiger partial charge in [0.2, 0.25) is 5.91 Å². The van der Waals surface area contributed by atoms with Crippen molar-refractivity contribution in [3.05, 3.63) is 40.1 Å². The van der Waals surface area contributed by atoms with E-state index < -0.39 is 0 Å². The normalized spacial score (nSPS) is 22.5. The molecule has 1 aromatic carbocycles. The number of rotatable bonds is 3. The lowest BCUT2D eigenvalue weighted by atomic mass is 9.90. The first-order valence-corrected chi connectivity index (χ1v) is 13.1. The van der Waals surface area contributed by atoms with E-state index in [1.807, 2.05) is 17.0 Å². The number of carbonyl (C=O) groups is 1. The number of carbonyl (C=O) groups excluding carboxylic acids is 1.